The molecule has 0 radical (unpaired) electrons. The van der Waals surface area contributed by atoms with Gasteiger partial charge >= 0.3 is 0 Å². The van der Waals surface area contributed by atoms with Gasteiger partial charge in [0.2, 0.25) is 0 Å². The van der Waals surface area contributed by atoms with Crippen molar-refractivity contribution in [2.45, 2.75) is 20.0 Å². The van der Waals surface area contributed by atoms with Crippen molar-refractivity contribution in [3.05, 3.63) is 58.1 Å². The van der Waals surface area contributed by atoms with Gasteiger partial charge < -0.3 is 4.74 Å². The maximum Gasteiger partial charge on any atom is 0.0799 e. The number of methoxy groups -OCH3 is 1. The average Bonchev–Trinajstić information content (AvgIpc) is 2.39. The van der Waals surface area contributed by atoms with Crippen LogP contribution in [-0.2, 0) is 4.74 Å². The molecule has 0 aliphatic carbocycles. The highest BCUT2D eigenvalue weighted by molar-refractivity contribution is 9.10. The normalized spacial score (nSPS) is 12.4. The van der Waals surface area contributed by atoms with Crippen molar-refractivity contribution in [1.29, 1.82) is 0 Å². The lowest BCUT2D eigenvalue weighted by atomic mass is 9.94. The number of benzene rings is 2. The molecule has 0 N–H and O–H groups in total. The molecule has 1 unspecified atom stereocenters. The van der Waals surface area contributed by atoms with Gasteiger partial charge in [0, 0.05) is 11.6 Å². The molecule has 2 rings (SSSR count). The number of aryl methyl sites for hydroxylation is 1. The predicted octanol–water partition coefficient (Wildman–Crippen LogP) is 5.13. The molecule has 94 valence electrons. The first-order chi connectivity index (χ1) is 8.63. The van der Waals surface area contributed by atoms with Gasteiger partial charge in [0.1, 0.15) is 0 Å². The van der Waals surface area contributed by atoms with E-state index in [2.05, 4.69) is 72.2 Å². The lowest BCUT2D eigenvalue weighted by Crippen LogP contribution is -1.99. The SMILES string of the molecule is COC(C)c1cc(Br)ccc1-c1ccccc1C. The summed E-state index contributed by atoms with van der Waals surface area (Å²) in [4.78, 5) is 0. The molecule has 0 bridgehead atoms. The molecule has 0 spiro atoms. The third kappa shape index (κ3) is 2.65. The highest BCUT2D eigenvalue weighted by atomic mass is 79.9. The summed E-state index contributed by atoms with van der Waals surface area (Å²) in [6.07, 6.45) is 0.0807. The van der Waals surface area contributed by atoms with Crippen molar-refractivity contribution in [1.82, 2.24) is 0 Å². The molecule has 0 aromatic heterocycles. The summed E-state index contributed by atoms with van der Waals surface area (Å²) in [6, 6.07) is 14.8. The molecule has 0 fully saturated rings. The zero-order valence-corrected chi connectivity index (χ0v) is 12.5. The van der Waals surface area contributed by atoms with E-state index in [0.717, 1.165) is 4.47 Å². The monoisotopic (exact) mass is 304 g/mol. The third-order valence-electron chi connectivity index (χ3n) is 3.24. The van der Waals surface area contributed by atoms with Crippen LogP contribution in [0.5, 0.6) is 0 Å². The maximum absolute atomic E-state index is 5.47. The fourth-order valence-corrected chi connectivity index (χ4v) is 2.50. The first-order valence-electron chi connectivity index (χ1n) is 6.01. The van der Waals surface area contributed by atoms with Crippen LogP contribution in [0, 0.1) is 6.92 Å². The molecule has 0 heterocycles. The van der Waals surface area contributed by atoms with Crippen molar-refractivity contribution in [2.75, 3.05) is 7.11 Å². The second-order valence-corrected chi connectivity index (χ2v) is 5.34. The van der Waals surface area contributed by atoms with E-state index in [1.165, 1.54) is 22.3 Å². The molecule has 0 aliphatic rings. The van der Waals surface area contributed by atoms with Gasteiger partial charge in [-0.2, -0.15) is 0 Å². The van der Waals surface area contributed by atoms with E-state index in [1.54, 1.807) is 7.11 Å². The molecule has 0 aliphatic heterocycles. The van der Waals surface area contributed by atoms with Crippen LogP contribution in [-0.4, -0.2) is 7.11 Å². The van der Waals surface area contributed by atoms with E-state index >= 15 is 0 Å². The largest absolute Gasteiger partial charge is 0.377 e. The van der Waals surface area contributed by atoms with Gasteiger partial charge in [0.25, 0.3) is 0 Å². The van der Waals surface area contributed by atoms with E-state index in [0.29, 0.717) is 0 Å². The Morgan fingerprint density at radius 2 is 1.78 bits per heavy atom. The summed E-state index contributed by atoms with van der Waals surface area (Å²) >= 11 is 3.53. The van der Waals surface area contributed by atoms with Gasteiger partial charge in [-0.15, -0.1) is 0 Å². The van der Waals surface area contributed by atoms with Gasteiger partial charge in [0.15, 0.2) is 0 Å². The van der Waals surface area contributed by atoms with Crippen LogP contribution < -0.4 is 0 Å². The average molecular weight is 305 g/mol. The van der Waals surface area contributed by atoms with Crippen molar-refractivity contribution in [2.24, 2.45) is 0 Å². The lowest BCUT2D eigenvalue weighted by Gasteiger charge is -2.17. The van der Waals surface area contributed by atoms with Crippen molar-refractivity contribution in [3.8, 4) is 11.1 Å². The second kappa shape index (κ2) is 5.68. The van der Waals surface area contributed by atoms with E-state index in [-0.39, 0.29) is 6.10 Å². The molecule has 18 heavy (non-hydrogen) atoms. The van der Waals surface area contributed by atoms with E-state index in [9.17, 15) is 0 Å². The van der Waals surface area contributed by atoms with E-state index in [4.69, 9.17) is 4.74 Å². The van der Waals surface area contributed by atoms with Crippen molar-refractivity contribution < 1.29 is 4.74 Å². The van der Waals surface area contributed by atoms with Crippen LogP contribution in [0.25, 0.3) is 11.1 Å². The Hall–Kier alpha value is -1.12. The fraction of sp³-hybridized carbons (Fsp3) is 0.250. The Morgan fingerprint density at radius 3 is 2.44 bits per heavy atom. The zero-order valence-electron chi connectivity index (χ0n) is 10.9. The zero-order chi connectivity index (χ0) is 13.1. The van der Waals surface area contributed by atoms with Crippen molar-refractivity contribution in [3.63, 3.8) is 0 Å². The summed E-state index contributed by atoms with van der Waals surface area (Å²) in [5.74, 6) is 0. The van der Waals surface area contributed by atoms with Crippen LogP contribution >= 0.6 is 15.9 Å². The summed E-state index contributed by atoms with van der Waals surface area (Å²) in [5.41, 5.74) is 5.00. The number of halogens is 1. The molecule has 2 aromatic carbocycles. The lowest BCUT2D eigenvalue weighted by molar-refractivity contribution is 0.120. The van der Waals surface area contributed by atoms with Gasteiger partial charge in [-0.3, -0.25) is 0 Å². The van der Waals surface area contributed by atoms with Crippen LogP contribution in [0.3, 0.4) is 0 Å². The van der Waals surface area contributed by atoms with Gasteiger partial charge in [-0.1, -0.05) is 46.3 Å². The maximum atomic E-state index is 5.47. The van der Waals surface area contributed by atoms with Gasteiger partial charge in [-0.05, 0) is 48.2 Å². The fourth-order valence-electron chi connectivity index (χ4n) is 2.12. The van der Waals surface area contributed by atoms with Gasteiger partial charge in [-0.25, -0.2) is 0 Å². The second-order valence-electron chi connectivity index (χ2n) is 4.42. The Bertz CT molecular complexity index is 549. The van der Waals surface area contributed by atoms with Crippen molar-refractivity contribution >= 4 is 15.9 Å². The predicted molar refractivity (Wildman–Crippen MR) is 79.7 cm³/mol. The van der Waals surface area contributed by atoms with Crippen LogP contribution in [0.1, 0.15) is 24.2 Å². The molecule has 1 nitrogen and oxygen atoms in total. The Labute approximate surface area is 117 Å². The Morgan fingerprint density at radius 1 is 1.06 bits per heavy atom. The smallest absolute Gasteiger partial charge is 0.0799 e. The van der Waals surface area contributed by atoms with Crippen LogP contribution in [0.4, 0.5) is 0 Å². The molecule has 2 aromatic rings. The van der Waals surface area contributed by atoms with Gasteiger partial charge in [0.05, 0.1) is 6.10 Å². The summed E-state index contributed by atoms with van der Waals surface area (Å²) in [5, 5.41) is 0. The topological polar surface area (TPSA) is 9.23 Å². The summed E-state index contributed by atoms with van der Waals surface area (Å²) in [6.45, 7) is 4.21. The number of ether oxygens (including phenoxy) is 1. The number of hydrogen-bond donors (Lipinski definition) is 0. The quantitative estimate of drug-likeness (QED) is 0.763. The Kier molecular flexibility index (Phi) is 4.20. The molecular weight excluding hydrogens is 288 g/mol. The number of hydrogen-bond acceptors (Lipinski definition) is 1. The first kappa shape index (κ1) is 13.3. The minimum Gasteiger partial charge on any atom is -0.377 e. The first-order valence-corrected chi connectivity index (χ1v) is 6.81. The molecule has 0 saturated heterocycles. The molecule has 0 amide bonds. The molecule has 1 atom stereocenters. The molecule has 2 heteroatoms. The Balaban J connectivity index is 2.61. The highest BCUT2D eigenvalue weighted by Gasteiger charge is 2.13. The third-order valence-corrected chi connectivity index (χ3v) is 3.73. The molecule has 0 saturated carbocycles. The minimum absolute atomic E-state index is 0.0807. The number of rotatable bonds is 3. The minimum atomic E-state index is 0.0807. The molecular formula is C16H17BrO. The van der Waals surface area contributed by atoms with E-state index in [1.807, 2.05) is 0 Å². The highest BCUT2D eigenvalue weighted by Crippen LogP contribution is 2.33. The van der Waals surface area contributed by atoms with Crippen LogP contribution in [0.15, 0.2) is 46.9 Å². The summed E-state index contributed by atoms with van der Waals surface area (Å²) < 4.78 is 6.55. The summed E-state index contributed by atoms with van der Waals surface area (Å²) in [7, 11) is 1.74. The van der Waals surface area contributed by atoms with E-state index < -0.39 is 0 Å². The van der Waals surface area contributed by atoms with Crippen LogP contribution in [0.2, 0.25) is 0 Å². The standard InChI is InChI=1S/C16H17BrO/c1-11-6-4-5-7-14(11)15-9-8-13(17)10-16(15)12(2)18-3/h4-10,12H,1-3H3.